The summed E-state index contributed by atoms with van der Waals surface area (Å²) in [5, 5.41) is 0. The maximum absolute atomic E-state index is 12.2. The molecule has 1 unspecified atom stereocenters. The summed E-state index contributed by atoms with van der Waals surface area (Å²) < 4.78 is 56.5. The highest BCUT2D eigenvalue weighted by Gasteiger charge is 2.37. The van der Waals surface area contributed by atoms with E-state index in [1.54, 1.807) is 0 Å². The van der Waals surface area contributed by atoms with Gasteiger partial charge in [-0.1, -0.05) is 0 Å². The fraction of sp³-hybridized carbons (Fsp3) is 1.00. The standard InChI is InChI=1S/CH3F4N3P3/c1-9-6-10(2,3)8-11(4,5)7-9/h1H3/q+1. The van der Waals surface area contributed by atoms with Crippen LogP contribution in [-0.4, -0.2) is 6.66 Å². The molecule has 0 aromatic heterocycles. The van der Waals surface area contributed by atoms with E-state index in [2.05, 4.69) is 9.03 Å². The molecule has 11 heavy (non-hydrogen) atoms. The minimum Gasteiger partial charge on any atom is -0.147 e. The van der Waals surface area contributed by atoms with E-state index in [0.717, 1.165) is 6.66 Å². The second-order valence-electron chi connectivity index (χ2n) is 1.67. The average Bonchev–Trinajstić information content (AvgIpc) is 1.49. The normalized spacial score (nSPS) is 29.7. The third-order valence-electron chi connectivity index (χ3n) is 0.689. The van der Waals surface area contributed by atoms with Crippen LogP contribution in [0.3, 0.4) is 0 Å². The van der Waals surface area contributed by atoms with Gasteiger partial charge >= 0.3 is 23.5 Å². The first-order valence-corrected chi connectivity index (χ1v) is 6.97. The Morgan fingerprint density at radius 1 is 1.09 bits per heavy atom. The van der Waals surface area contributed by atoms with Gasteiger partial charge in [-0.15, -0.1) is 21.3 Å². The van der Waals surface area contributed by atoms with Crippen LogP contribution in [-0.2, 0) is 0 Å². The highest BCUT2D eigenvalue weighted by molar-refractivity contribution is 7.75. The smallest absolute Gasteiger partial charge is 0.147 e. The molecule has 0 spiro atoms. The molecule has 1 atom stereocenters. The number of hydrogen-bond acceptors (Lipinski definition) is 3. The van der Waals surface area contributed by atoms with E-state index in [9.17, 15) is 16.8 Å². The van der Waals surface area contributed by atoms with Gasteiger partial charge < -0.3 is 0 Å². The predicted octanol–water partition coefficient (Wildman–Crippen LogP) is 4.98. The lowest BCUT2D eigenvalue weighted by atomic mass is 12.0. The first-order chi connectivity index (χ1) is 4.81. The zero-order chi connectivity index (χ0) is 8.70. The van der Waals surface area contributed by atoms with Crippen LogP contribution in [0.4, 0.5) is 16.8 Å². The summed E-state index contributed by atoms with van der Waals surface area (Å²) in [7, 11) is -12.0. The molecule has 1 aliphatic heterocycles. The van der Waals surface area contributed by atoms with Gasteiger partial charge in [0.1, 0.15) is 6.66 Å². The zero-order valence-corrected chi connectivity index (χ0v) is 7.88. The summed E-state index contributed by atoms with van der Waals surface area (Å²) >= 11 is 0. The van der Waals surface area contributed by atoms with Crippen LogP contribution >= 0.6 is 23.5 Å². The lowest BCUT2D eigenvalue weighted by Crippen LogP contribution is -1.63. The van der Waals surface area contributed by atoms with E-state index in [-0.39, 0.29) is 0 Å². The quantitative estimate of drug-likeness (QED) is 0.412. The number of halogens is 4. The van der Waals surface area contributed by atoms with Crippen molar-refractivity contribution in [2.75, 3.05) is 6.66 Å². The van der Waals surface area contributed by atoms with Gasteiger partial charge in [0.15, 0.2) is 0 Å². The molecular weight excluding hydrogens is 223 g/mol. The molecule has 0 saturated carbocycles. The van der Waals surface area contributed by atoms with Gasteiger partial charge in [-0.05, 0) is 0 Å². The molecule has 0 fully saturated rings. The predicted molar refractivity (Wildman–Crippen MR) is 38.4 cm³/mol. The van der Waals surface area contributed by atoms with Crippen LogP contribution in [0.25, 0.3) is 0 Å². The van der Waals surface area contributed by atoms with E-state index in [0.29, 0.717) is 0 Å². The molecule has 10 heteroatoms. The fourth-order valence-corrected chi connectivity index (χ4v) is 5.42. The molecule has 0 saturated heterocycles. The number of rotatable bonds is 0. The van der Waals surface area contributed by atoms with Crippen LogP contribution in [0.2, 0.25) is 0 Å². The average molecular weight is 226 g/mol. The third-order valence-corrected chi connectivity index (χ3v) is 6.20. The van der Waals surface area contributed by atoms with Crippen molar-refractivity contribution >= 4 is 23.5 Å². The number of nitrogens with zero attached hydrogens (tertiary/aromatic N) is 3. The molecule has 0 aromatic rings. The topological polar surface area (TPSA) is 37.1 Å². The van der Waals surface area contributed by atoms with Crippen molar-refractivity contribution in [1.82, 2.24) is 0 Å². The molecule has 0 radical (unpaired) electrons. The molecule has 1 rings (SSSR count). The van der Waals surface area contributed by atoms with Gasteiger partial charge in [-0.2, -0.15) is 0 Å². The van der Waals surface area contributed by atoms with E-state index >= 15 is 0 Å². The summed E-state index contributed by atoms with van der Waals surface area (Å²) in [6.45, 7) is 1.16. The van der Waals surface area contributed by atoms with Crippen molar-refractivity contribution in [1.29, 1.82) is 0 Å². The highest BCUT2D eigenvalue weighted by Crippen LogP contribution is 2.75. The van der Waals surface area contributed by atoms with Crippen LogP contribution < -0.4 is 0 Å². The second kappa shape index (κ2) is 2.65. The maximum atomic E-state index is 12.2. The van der Waals surface area contributed by atoms with E-state index in [1.165, 1.54) is 0 Å². The van der Waals surface area contributed by atoms with Crippen molar-refractivity contribution in [3.8, 4) is 0 Å². The highest BCUT2D eigenvalue weighted by atomic mass is 31.3. The molecule has 1 aliphatic rings. The Morgan fingerprint density at radius 2 is 1.64 bits per heavy atom. The molecule has 0 N–H and O–H groups in total. The van der Waals surface area contributed by atoms with E-state index in [4.69, 9.17) is 0 Å². The van der Waals surface area contributed by atoms with Gasteiger partial charge in [0.05, 0.1) is 0 Å². The van der Waals surface area contributed by atoms with Crippen molar-refractivity contribution in [3.63, 3.8) is 0 Å². The summed E-state index contributed by atoms with van der Waals surface area (Å²) in [6.07, 6.45) is 0. The summed E-state index contributed by atoms with van der Waals surface area (Å²) in [4.78, 5) is 0. The van der Waals surface area contributed by atoms with Gasteiger partial charge in [-0.3, -0.25) is 0 Å². The van der Waals surface area contributed by atoms with Gasteiger partial charge in [0.2, 0.25) is 0 Å². The molecule has 0 bridgehead atoms. The van der Waals surface area contributed by atoms with Gasteiger partial charge in [0, 0.05) is 9.03 Å². The third kappa shape index (κ3) is 2.66. The first kappa shape index (κ1) is 9.37. The second-order valence-corrected chi connectivity index (χ2v) is 6.62. The molecule has 3 nitrogen and oxygen atoms in total. The minimum atomic E-state index is -5.03. The Labute approximate surface area is 61.4 Å². The van der Waals surface area contributed by atoms with Crippen molar-refractivity contribution in [2.45, 2.75) is 0 Å². The Balaban J connectivity index is 3.31. The van der Waals surface area contributed by atoms with Crippen molar-refractivity contribution in [3.05, 3.63) is 0 Å². The van der Waals surface area contributed by atoms with Crippen molar-refractivity contribution < 1.29 is 16.8 Å². The fourth-order valence-electron chi connectivity index (χ4n) is 0.495. The van der Waals surface area contributed by atoms with Crippen LogP contribution in [0.1, 0.15) is 0 Å². The Kier molecular flexibility index (Phi) is 2.26. The van der Waals surface area contributed by atoms with Crippen LogP contribution in [0.15, 0.2) is 13.5 Å². The molecule has 64 valence electrons. The summed E-state index contributed by atoms with van der Waals surface area (Å²) in [5.74, 6) is 0. The van der Waals surface area contributed by atoms with Gasteiger partial charge in [0.25, 0.3) is 0 Å². The van der Waals surface area contributed by atoms with E-state index in [1.807, 2.05) is 4.52 Å². The summed E-state index contributed by atoms with van der Waals surface area (Å²) in [5.41, 5.74) is 0. The monoisotopic (exact) mass is 226 g/mol. The van der Waals surface area contributed by atoms with Crippen molar-refractivity contribution in [2.24, 2.45) is 13.5 Å². The lowest BCUT2D eigenvalue weighted by Gasteiger charge is -1.99. The molecular formula is CH3F4N3P3+. The van der Waals surface area contributed by atoms with Crippen LogP contribution in [0.5, 0.6) is 0 Å². The zero-order valence-electron chi connectivity index (χ0n) is 5.20. The van der Waals surface area contributed by atoms with Gasteiger partial charge in [-0.25, -0.2) is 0 Å². The largest absolute Gasteiger partial charge is 0.461 e. The molecule has 1 heterocycles. The Bertz CT molecular complexity index is 299. The van der Waals surface area contributed by atoms with Crippen LogP contribution in [0, 0.1) is 0 Å². The van der Waals surface area contributed by atoms with E-state index < -0.39 is 23.5 Å². The molecule has 0 aromatic carbocycles. The minimum absolute atomic E-state index is 1.16. The SMILES string of the molecule is C[P+]1=NP(F)(F)=NP(F)(F)=N1. The lowest BCUT2D eigenvalue weighted by molar-refractivity contribution is 0.701. The number of hydrogen-bond donors (Lipinski definition) is 0. The maximum Gasteiger partial charge on any atom is 0.461 e. The molecule has 0 amide bonds. The Morgan fingerprint density at radius 3 is 2.00 bits per heavy atom. The first-order valence-electron chi connectivity index (χ1n) is 2.32. The summed E-state index contributed by atoms with van der Waals surface area (Å²) in [6, 6.07) is 0. The Hall–Kier alpha value is 0.280. The molecule has 0 aliphatic carbocycles.